The fourth-order valence-electron chi connectivity index (χ4n) is 2.30. The number of halogens is 1. The molecule has 2 nitrogen and oxygen atoms in total. The van der Waals surface area contributed by atoms with E-state index < -0.39 is 0 Å². The molecule has 0 N–H and O–H groups in total. The van der Waals surface area contributed by atoms with E-state index >= 15 is 0 Å². The second-order valence-electron chi connectivity index (χ2n) is 5.17. The second-order valence-corrected chi connectivity index (χ2v) is 5.61. The number of nitrogens with zero attached hydrogens (tertiary/aromatic N) is 1. The highest BCUT2D eigenvalue weighted by Crippen LogP contribution is 2.12. The fourth-order valence-corrected chi connectivity index (χ4v) is 2.42. The van der Waals surface area contributed by atoms with Gasteiger partial charge >= 0.3 is 0 Å². The normalized spacial score (nSPS) is 16.7. The van der Waals surface area contributed by atoms with Crippen molar-refractivity contribution in [2.75, 3.05) is 13.1 Å². The van der Waals surface area contributed by atoms with E-state index in [1.807, 2.05) is 13.0 Å². The monoisotopic (exact) mass is 289 g/mol. The average molecular weight is 290 g/mol. The van der Waals surface area contributed by atoms with Gasteiger partial charge in [0.05, 0.1) is 0 Å². The Hall–Kier alpha value is -1.54. The number of likely N-dealkylation sites (tertiary alicyclic amines) is 1. The summed E-state index contributed by atoms with van der Waals surface area (Å²) < 4.78 is 0. The molecule has 0 saturated carbocycles. The lowest BCUT2D eigenvalue weighted by atomic mass is 10.1. The molecule has 0 spiro atoms. The lowest BCUT2D eigenvalue weighted by Gasteiger charge is -2.25. The smallest absolute Gasteiger partial charge is 0.185 e. The first-order chi connectivity index (χ1) is 9.65. The van der Waals surface area contributed by atoms with E-state index in [9.17, 15) is 4.79 Å². The molecule has 0 aliphatic carbocycles. The summed E-state index contributed by atoms with van der Waals surface area (Å²) in [7, 11) is 0. The standard InChI is InChI=1S/C17H20ClNO/c1-14(13-19-11-3-2-4-12-19)5-10-17(20)15-6-8-16(18)9-7-15/h5-10,13H,2-4,11-12H2,1H3/b10-5-,14-13-. The minimum atomic E-state index is 0.00746. The number of piperidine rings is 1. The Bertz CT molecular complexity index is 510. The quantitative estimate of drug-likeness (QED) is 0.463. The Morgan fingerprint density at radius 3 is 2.40 bits per heavy atom. The van der Waals surface area contributed by atoms with Crippen LogP contribution in [0.5, 0.6) is 0 Å². The van der Waals surface area contributed by atoms with Gasteiger partial charge in [-0.3, -0.25) is 4.79 Å². The minimum Gasteiger partial charge on any atom is -0.377 e. The first-order valence-electron chi connectivity index (χ1n) is 7.05. The summed E-state index contributed by atoms with van der Waals surface area (Å²) in [6.45, 7) is 4.27. The Kier molecular flexibility index (Phi) is 5.42. The Balaban J connectivity index is 1.95. The van der Waals surface area contributed by atoms with Crippen molar-refractivity contribution in [3.63, 3.8) is 0 Å². The summed E-state index contributed by atoms with van der Waals surface area (Å²) in [4.78, 5) is 14.3. The molecule has 106 valence electrons. The van der Waals surface area contributed by atoms with Crippen LogP contribution in [-0.4, -0.2) is 23.8 Å². The van der Waals surface area contributed by atoms with E-state index in [0.717, 1.165) is 18.7 Å². The third-order valence-electron chi connectivity index (χ3n) is 3.40. The zero-order valence-electron chi connectivity index (χ0n) is 11.8. The SMILES string of the molecule is CC(/C=C\C(=O)c1ccc(Cl)cc1)=C/N1CCCCC1. The lowest BCUT2D eigenvalue weighted by Crippen LogP contribution is -2.24. The molecule has 20 heavy (non-hydrogen) atoms. The van der Waals surface area contributed by atoms with Crippen molar-refractivity contribution >= 4 is 17.4 Å². The van der Waals surface area contributed by atoms with Crippen LogP contribution in [0.3, 0.4) is 0 Å². The number of rotatable bonds is 4. The third-order valence-corrected chi connectivity index (χ3v) is 3.66. The minimum absolute atomic E-state index is 0.00746. The van der Waals surface area contributed by atoms with Crippen molar-refractivity contribution in [3.05, 3.63) is 58.8 Å². The van der Waals surface area contributed by atoms with E-state index in [1.54, 1.807) is 30.3 Å². The average Bonchev–Trinajstić information content (AvgIpc) is 2.46. The molecule has 1 aromatic rings. The van der Waals surface area contributed by atoms with E-state index in [4.69, 9.17) is 11.6 Å². The van der Waals surface area contributed by atoms with Gasteiger partial charge in [0.1, 0.15) is 0 Å². The number of carbonyl (C=O) groups is 1. The van der Waals surface area contributed by atoms with Crippen LogP contribution in [0, 0.1) is 0 Å². The maximum absolute atomic E-state index is 12.0. The second kappa shape index (κ2) is 7.30. The summed E-state index contributed by atoms with van der Waals surface area (Å²) in [6.07, 6.45) is 9.50. The van der Waals surface area contributed by atoms with Gasteiger partial charge in [-0.2, -0.15) is 0 Å². The lowest BCUT2D eigenvalue weighted by molar-refractivity contribution is 0.104. The zero-order valence-corrected chi connectivity index (χ0v) is 12.6. The number of allylic oxidation sites excluding steroid dienone is 3. The number of ketones is 1. The van der Waals surface area contributed by atoms with Crippen LogP contribution in [-0.2, 0) is 0 Å². The molecule has 0 unspecified atom stereocenters. The molecular weight excluding hydrogens is 270 g/mol. The van der Waals surface area contributed by atoms with Gasteiger partial charge in [-0.05, 0) is 62.1 Å². The number of carbonyl (C=O) groups excluding carboxylic acids is 1. The summed E-state index contributed by atoms with van der Waals surface area (Å²) >= 11 is 5.81. The van der Waals surface area contributed by atoms with Gasteiger partial charge < -0.3 is 4.90 Å². The van der Waals surface area contributed by atoms with E-state index in [-0.39, 0.29) is 5.78 Å². The van der Waals surface area contributed by atoms with E-state index in [2.05, 4.69) is 11.1 Å². The maximum atomic E-state index is 12.0. The van der Waals surface area contributed by atoms with E-state index in [0.29, 0.717) is 10.6 Å². The van der Waals surface area contributed by atoms with Gasteiger partial charge in [0.25, 0.3) is 0 Å². The van der Waals surface area contributed by atoms with Crippen molar-refractivity contribution < 1.29 is 4.79 Å². The zero-order chi connectivity index (χ0) is 14.4. The molecule has 0 amide bonds. The van der Waals surface area contributed by atoms with Crippen molar-refractivity contribution in [1.82, 2.24) is 4.90 Å². The van der Waals surface area contributed by atoms with Crippen LogP contribution in [0.15, 0.2) is 48.2 Å². The van der Waals surface area contributed by atoms with Crippen LogP contribution < -0.4 is 0 Å². The molecule has 1 aromatic carbocycles. The molecule has 1 saturated heterocycles. The van der Waals surface area contributed by atoms with Gasteiger partial charge in [0, 0.05) is 29.9 Å². The Morgan fingerprint density at radius 1 is 1.10 bits per heavy atom. The summed E-state index contributed by atoms with van der Waals surface area (Å²) in [6, 6.07) is 6.97. The largest absolute Gasteiger partial charge is 0.377 e. The summed E-state index contributed by atoms with van der Waals surface area (Å²) in [5, 5.41) is 0.645. The topological polar surface area (TPSA) is 20.3 Å². The third kappa shape index (κ3) is 4.53. The Morgan fingerprint density at radius 2 is 1.75 bits per heavy atom. The molecule has 0 atom stereocenters. The van der Waals surface area contributed by atoms with Crippen molar-refractivity contribution in [2.24, 2.45) is 0 Å². The molecular formula is C17H20ClNO. The molecule has 0 bridgehead atoms. The van der Waals surface area contributed by atoms with Crippen molar-refractivity contribution in [3.8, 4) is 0 Å². The van der Waals surface area contributed by atoms with Crippen LogP contribution in [0.2, 0.25) is 5.02 Å². The van der Waals surface area contributed by atoms with Crippen LogP contribution >= 0.6 is 11.6 Å². The molecule has 3 heteroatoms. The van der Waals surface area contributed by atoms with Crippen LogP contribution in [0.1, 0.15) is 36.5 Å². The molecule has 0 aromatic heterocycles. The predicted octanol–water partition coefficient (Wildman–Crippen LogP) is 4.47. The van der Waals surface area contributed by atoms with Gasteiger partial charge in [-0.25, -0.2) is 0 Å². The molecule has 1 aliphatic heterocycles. The maximum Gasteiger partial charge on any atom is 0.185 e. The summed E-state index contributed by atoms with van der Waals surface area (Å²) in [5.74, 6) is 0.00746. The van der Waals surface area contributed by atoms with Crippen molar-refractivity contribution in [2.45, 2.75) is 26.2 Å². The predicted molar refractivity (Wildman–Crippen MR) is 84.1 cm³/mol. The number of benzene rings is 1. The Labute approximate surface area is 125 Å². The highest BCUT2D eigenvalue weighted by Gasteiger charge is 2.06. The van der Waals surface area contributed by atoms with Crippen LogP contribution in [0.25, 0.3) is 0 Å². The van der Waals surface area contributed by atoms with Gasteiger partial charge in [0.2, 0.25) is 0 Å². The van der Waals surface area contributed by atoms with Gasteiger partial charge in [0.15, 0.2) is 5.78 Å². The molecule has 1 aliphatic rings. The first kappa shape index (κ1) is 14.9. The van der Waals surface area contributed by atoms with E-state index in [1.165, 1.54) is 19.3 Å². The number of hydrogen-bond donors (Lipinski definition) is 0. The molecule has 1 fully saturated rings. The first-order valence-corrected chi connectivity index (χ1v) is 7.43. The molecule has 2 rings (SSSR count). The highest BCUT2D eigenvalue weighted by molar-refractivity contribution is 6.30. The van der Waals surface area contributed by atoms with Crippen LogP contribution in [0.4, 0.5) is 0 Å². The molecule has 1 heterocycles. The van der Waals surface area contributed by atoms with Gasteiger partial charge in [-0.15, -0.1) is 0 Å². The van der Waals surface area contributed by atoms with Gasteiger partial charge in [-0.1, -0.05) is 17.7 Å². The highest BCUT2D eigenvalue weighted by atomic mass is 35.5. The van der Waals surface area contributed by atoms with Crippen molar-refractivity contribution in [1.29, 1.82) is 0 Å². The number of hydrogen-bond acceptors (Lipinski definition) is 2. The fraction of sp³-hybridized carbons (Fsp3) is 0.353. The molecule has 0 radical (unpaired) electrons. The summed E-state index contributed by atoms with van der Waals surface area (Å²) in [5.41, 5.74) is 1.77.